The van der Waals surface area contributed by atoms with Crippen LogP contribution in [-0.2, 0) is 4.74 Å². The predicted octanol–water partition coefficient (Wildman–Crippen LogP) is 1.23. The number of carbonyl (C=O) groups excluding carboxylic acids is 1. The first-order valence-electron chi connectivity index (χ1n) is 6.10. The second-order valence-electron chi connectivity index (χ2n) is 4.52. The normalized spacial score (nSPS) is 18.6. The minimum atomic E-state index is -0.0681. The lowest BCUT2D eigenvalue weighted by molar-refractivity contribution is 0.0342. The van der Waals surface area contributed by atoms with Crippen LogP contribution in [0.5, 0.6) is 0 Å². The number of nitrogens with one attached hydrogen (secondary N) is 2. The van der Waals surface area contributed by atoms with E-state index in [4.69, 9.17) is 4.74 Å². The zero-order valence-corrected chi connectivity index (χ0v) is 12.0. The smallest absolute Gasteiger partial charge is 0.267 e. The van der Waals surface area contributed by atoms with E-state index in [1.807, 2.05) is 6.92 Å². The molecule has 1 atom stereocenters. The van der Waals surface area contributed by atoms with Crippen LogP contribution in [0.2, 0.25) is 0 Å². The molecule has 1 amide bonds. The average Bonchev–Trinajstić information content (AvgIpc) is 2.77. The molecule has 1 aliphatic rings. The van der Waals surface area contributed by atoms with Crippen molar-refractivity contribution in [2.24, 2.45) is 0 Å². The summed E-state index contributed by atoms with van der Waals surface area (Å²) in [4.78, 5) is 17.1. The van der Waals surface area contributed by atoms with E-state index in [0.29, 0.717) is 5.69 Å². The summed E-state index contributed by atoms with van der Waals surface area (Å²) in [5, 5.41) is 2.98. The highest BCUT2D eigenvalue weighted by atomic mass is 79.9. The number of hydrogen-bond donors (Lipinski definition) is 2. The van der Waals surface area contributed by atoms with Crippen LogP contribution < -0.4 is 5.32 Å². The second kappa shape index (κ2) is 6.36. The fourth-order valence-electron chi connectivity index (χ4n) is 2.02. The highest BCUT2D eigenvalue weighted by molar-refractivity contribution is 9.10. The van der Waals surface area contributed by atoms with E-state index >= 15 is 0 Å². The summed E-state index contributed by atoms with van der Waals surface area (Å²) in [5.41, 5.74) is 0.579. The molecule has 6 heteroatoms. The highest BCUT2D eigenvalue weighted by Gasteiger charge is 2.16. The molecule has 2 N–H and O–H groups in total. The van der Waals surface area contributed by atoms with Gasteiger partial charge in [0.05, 0.1) is 13.2 Å². The molecule has 18 heavy (non-hydrogen) atoms. The lowest BCUT2D eigenvalue weighted by Crippen LogP contribution is -2.46. The van der Waals surface area contributed by atoms with Crippen molar-refractivity contribution < 1.29 is 9.53 Å². The first kappa shape index (κ1) is 13.6. The predicted molar refractivity (Wildman–Crippen MR) is 72.7 cm³/mol. The van der Waals surface area contributed by atoms with Crippen LogP contribution >= 0.6 is 15.9 Å². The van der Waals surface area contributed by atoms with Crippen molar-refractivity contribution in [1.29, 1.82) is 0 Å². The van der Waals surface area contributed by atoms with Gasteiger partial charge in [-0.25, -0.2) is 0 Å². The average molecular weight is 316 g/mol. The minimum absolute atomic E-state index is 0.0681. The van der Waals surface area contributed by atoms with Crippen molar-refractivity contribution in [3.8, 4) is 0 Å². The third kappa shape index (κ3) is 3.83. The number of H-pyrrole nitrogens is 1. The Balaban J connectivity index is 1.79. The summed E-state index contributed by atoms with van der Waals surface area (Å²) in [5.74, 6) is -0.0681. The van der Waals surface area contributed by atoms with Crippen molar-refractivity contribution in [3.05, 3.63) is 22.4 Å². The fraction of sp³-hybridized carbons (Fsp3) is 0.583. The third-order valence-corrected chi connectivity index (χ3v) is 3.36. The van der Waals surface area contributed by atoms with Gasteiger partial charge >= 0.3 is 0 Å². The Bertz CT molecular complexity index is 402. The standard InChI is InChI=1S/C12H18BrN3O2/c1-9(8-16-2-4-18-5-3-16)15-12(17)11-6-10(13)7-14-11/h6-7,9,14H,2-5,8H2,1H3,(H,15,17)/t9-/m0/s1. The van der Waals surface area contributed by atoms with Gasteiger partial charge in [0.2, 0.25) is 0 Å². The van der Waals surface area contributed by atoms with Crippen LogP contribution in [0.15, 0.2) is 16.7 Å². The van der Waals surface area contributed by atoms with Gasteiger partial charge in [-0.2, -0.15) is 0 Å². The Morgan fingerprint density at radius 1 is 1.61 bits per heavy atom. The van der Waals surface area contributed by atoms with Gasteiger partial charge in [-0.3, -0.25) is 9.69 Å². The van der Waals surface area contributed by atoms with E-state index < -0.39 is 0 Å². The summed E-state index contributed by atoms with van der Waals surface area (Å²) in [7, 11) is 0. The molecule has 0 radical (unpaired) electrons. The molecule has 1 aromatic heterocycles. The Morgan fingerprint density at radius 2 is 2.33 bits per heavy atom. The molecule has 1 saturated heterocycles. The number of amides is 1. The maximum Gasteiger partial charge on any atom is 0.267 e. The number of rotatable bonds is 4. The van der Waals surface area contributed by atoms with Crippen LogP contribution in [0, 0.1) is 0 Å². The molecular weight excluding hydrogens is 298 g/mol. The number of morpholine rings is 1. The molecule has 2 heterocycles. The molecule has 0 saturated carbocycles. The van der Waals surface area contributed by atoms with E-state index in [1.165, 1.54) is 0 Å². The topological polar surface area (TPSA) is 57.4 Å². The SMILES string of the molecule is C[C@@H](CN1CCOCC1)NC(=O)c1cc(Br)c[nH]1. The lowest BCUT2D eigenvalue weighted by atomic mass is 10.2. The molecule has 0 aliphatic carbocycles. The summed E-state index contributed by atoms with van der Waals surface area (Å²) < 4.78 is 6.18. The van der Waals surface area contributed by atoms with Crippen LogP contribution in [0.4, 0.5) is 0 Å². The lowest BCUT2D eigenvalue weighted by Gasteiger charge is -2.29. The van der Waals surface area contributed by atoms with Crippen LogP contribution in [0.1, 0.15) is 17.4 Å². The second-order valence-corrected chi connectivity index (χ2v) is 5.43. The molecule has 0 unspecified atom stereocenters. The van der Waals surface area contributed by atoms with E-state index in [1.54, 1.807) is 12.3 Å². The van der Waals surface area contributed by atoms with Crippen LogP contribution in [0.25, 0.3) is 0 Å². The Labute approximate surface area is 115 Å². The maximum atomic E-state index is 11.9. The first-order valence-corrected chi connectivity index (χ1v) is 6.89. The van der Waals surface area contributed by atoms with E-state index in [9.17, 15) is 4.79 Å². The van der Waals surface area contributed by atoms with Gasteiger partial charge in [0, 0.05) is 36.3 Å². The number of carbonyl (C=O) groups is 1. The van der Waals surface area contributed by atoms with Crippen LogP contribution in [-0.4, -0.2) is 54.7 Å². The van der Waals surface area contributed by atoms with E-state index in [2.05, 4.69) is 31.1 Å². The number of aromatic nitrogens is 1. The molecule has 1 fully saturated rings. The van der Waals surface area contributed by atoms with Crippen molar-refractivity contribution in [2.75, 3.05) is 32.8 Å². The van der Waals surface area contributed by atoms with Gasteiger partial charge < -0.3 is 15.0 Å². The zero-order valence-electron chi connectivity index (χ0n) is 10.4. The fourth-order valence-corrected chi connectivity index (χ4v) is 2.36. The monoisotopic (exact) mass is 315 g/mol. The summed E-state index contributed by atoms with van der Waals surface area (Å²) in [6.45, 7) is 6.32. The van der Waals surface area contributed by atoms with Gasteiger partial charge in [-0.05, 0) is 28.9 Å². The third-order valence-electron chi connectivity index (χ3n) is 2.91. The van der Waals surface area contributed by atoms with E-state index in [0.717, 1.165) is 37.3 Å². The number of ether oxygens (including phenoxy) is 1. The van der Waals surface area contributed by atoms with Gasteiger partial charge in [-0.1, -0.05) is 0 Å². The van der Waals surface area contributed by atoms with Crippen LogP contribution in [0.3, 0.4) is 0 Å². The zero-order chi connectivity index (χ0) is 13.0. The molecule has 1 aliphatic heterocycles. The molecule has 0 bridgehead atoms. The molecule has 100 valence electrons. The van der Waals surface area contributed by atoms with Gasteiger partial charge in [0.25, 0.3) is 5.91 Å². The Kier molecular flexibility index (Phi) is 4.79. The van der Waals surface area contributed by atoms with Crippen molar-refractivity contribution >= 4 is 21.8 Å². The Morgan fingerprint density at radius 3 is 2.94 bits per heavy atom. The van der Waals surface area contributed by atoms with Gasteiger partial charge in [0.1, 0.15) is 5.69 Å². The largest absolute Gasteiger partial charge is 0.379 e. The molecule has 5 nitrogen and oxygen atoms in total. The quantitative estimate of drug-likeness (QED) is 0.878. The van der Waals surface area contributed by atoms with Gasteiger partial charge in [0.15, 0.2) is 0 Å². The molecule has 0 aromatic carbocycles. The first-order chi connectivity index (χ1) is 8.65. The molecular formula is C12H18BrN3O2. The summed E-state index contributed by atoms with van der Waals surface area (Å²) >= 11 is 3.31. The van der Waals surface area contributed by atoms with Crippen molar-refractivity contribution in [3.63, 3.8) is 0 Å². The van der Waals surface area contributed by atoms with Crippen molar-refractivity contribution in [1.82, 2.24) is 15.2 Å². The minimum Gasteiger partial charge on any atom is -0.379 e. The van der Waals surface area contributed by atoms with E-state index in [-0.39, 0.29) is 11.9 Å². The molecule has 0 spiro atoms. The number of halogens is 1. The summed E-state index contributed by atoms with van der Waals surface area (Å²) in [6.07, 6.45) is 1.75. The number of aromatic amines is 1. The molecule has 1 aromatic rings. The summed E-state index contributed by atoms with van der Waals surface area (Å²) in [6, 6.07) is 1.90. The number of hydrogen-bond acceptors (Lipinski definition) is 3. The van der Waals surface area contributed by atoms with Gasteiger partial charge in [-0.15, -0.1) is 0 Å². The maximum absolute atomic E-state index is 11.9. The highest BCUT2D eigenvalue weighted by Crippen LogP contribution is 2.10. The number of nitrogens with zero attached hydrogens (tertiary/aromatic N) is 1. The molecule has 2 rings (SSSR count). The van der Waals surface area contributed by atoms with Crippen molar-refractivity contribution in [2.45, 2.75) is 13.0 Å². The Hall–Kier alpha value is -0.850.